The molecule has 0 radical (unpaired) electrons. The quantitative estimate of drug-likeness (QED) is 0.0236. The number of ether oxygens (including phenoxy) is 2. The van der Waals surface area contributed by atoms with Gasteiger partial charge >= 0.3 is 23.9 Å². The van der Waals surface area contributed by atoms with Gasteiger partial charge in [-0.25, -0.2) is 96.7 Å². The number of aliphatic carboxylic acids is 2. The summed E-state index contributed by atoms with van der Waals surface area (Å²) in [5, 5.41) is 68.5. The molecule has 43 heteroatoms. The van der Waals surface area contributed by atoms with Crippen LogP contribution in [0.15, 0.2) is 110 Å². The number of esters is 2. The molecule has 13 aliphatic carbocycles. The summed E-state index contributed by atoms with van der Waals surface area (Å²) in [6, 6.07) is 14.6. The van der Waals surface area contributed by atoms with Crippen LogP contribution < -0.4 is 16.0 Å². The molecule has 10 N–H and O–H groups in total. The summed E-state index contributed by atoms with van der Waals surface area (Å²) >= 11 is 0. The molecule has 29 rings (SSSR count). The van der Waals surface area contributed by atoms with Crippen LogP contribution in [0.5, 0.6) is 0 Å². The molecule has 1 aliphatic heterocycles. The summed E-state index contributed by atoms with van der Waals surface area (Å²) < 4.78 is 83.0. The molecular weight excluding hydrogens is 1910 g/mol. The summed E-state index contributed by atoms with van der Waals surface area (Å²) in [6.07, 6.45) is 38.8. The maximum absolute atomic E-state index is 14.6. The lowest BCUT2D eigenvalue weighted by molar-refractivity contribution is -0.153. The summed E-state index contributed by atoms with van der Waals surface area (Å²) in [7, 11) is 2.81. The number of hydrogen-bond acceptors (Lipinski definition) is 30. The number of nitrogens with zero attached hydrogens (tertiary/aromatic N) is 21. The second-order valence-electron chi connectivity index (χ2n) is 41.2. The van der Waals surface area contributed by atoms with Gasteiger partial charge in [0.15, 0.2) is 104 Å². The molecule has 1 amide bonds. The number of H-pyrrole nitrogens is 5. The Morgan fingerprint density at radius 2 is 0.703 bits per heavy atom. The number of piperidine rings is 1. The van der Waals surface area contributed by atoms with Gasteiger partial charge in [-0.3, -0.25) is 49.5 Å². The number of aromatic amines is 5. The number of aryl methyl sites for hydroxylation is 2. The van der Waals surface area contributed by atoms with E-state index in [9.17, 15) is 56.1 Å². The number of carbonyl (C=O) groups is 5. The Morgan fingerprint density at radius 3 is 1.07 bits per heavy atom. The molecule has 1 saturated heterocycles. The molecule has 148 heavy (non-hydrogen) atoms. The van der Waals surface area contributed by atoms with Crippen LogP contribution in [0, 0.1) is 132 Å². The number of amides is 1. The van der Waals surface area contributed by atoms with E-state index in [1.165, 1.54) is 39.2 Å². The summed E-state index contributed by atoms with van der Waals surface area (Å²) in [6.45, 7) is 5.65. The largest absolute Gasteiger partial charge is 0.481 e. The maximum Gasteiger partial charge on any atom is 0.311 e. The van der Waals surface area contributed by atoms with Gasteiger partial charge in [0, 0.05) is 84.8 Å². The van der Waals surface area contributed by atoms with Gasteiger partial charge in [0.2, 0.25) is 5.91 Å². The topological polar surface area (TPSA) is 520 Å². The highest BCUT2D eigenvalue weighted by atomic mass is 19.1. The van der Waals surface area contributed by atoms with Crippen molar-refractivity contribution in [1.82, 2.24) is 131 Å². The molecular formula is C105H114F5N29O9. The zero-order valence-corrected chi connectivity index (χ0v) is 82.1. The third-order valence-corrected chi connectivity index (χ3v) is 32.6. The number of hydrogen-bond donors (Lipinski definition) is 10. The van der Waals surface area contributed by atoms with E-state index >= 15 is 0 Å². The van der Waals surface area contributed by atoms with E-state index in [0.29, 0.717) is 135 Å². The van der Waals surface area contributed by atoms with Crippen LogP contribution in [0.4, 0.5) is 39.4 Å². The van der Waals surface area contributed by atoms with Crippen molar-refractivity contribution in [2.75, 3.05) is 43.3 Å². The number of carboxylic acid groups (broad SMARTS) is 2. The molecule has 3 unspecified atom stereocenters. The normalized spacial score (nSPS) is 25.0. The van der Waals surface area contributed by atoms with Crippen molar-refractivity contribution >= 4 is 102 Å². The molecule has 16 heterocycles. The number of aromatic nitrogens is 25. The number of halogens is 5. The first-order chi connectivity index (χ1) is 72.0. The van der Waals surface area contributed by atoms with Crippen LogP contribution >= 0.6 is 0 Å². The lowest BCUT2D eigenvalue weighted by Crippen LogP contribution is -2.52. The molecule has 768 valence electrons. The number of methoxy groups -OCH3 is 2. The number of carboxylic acids is 2. The van der Waals surface area contributed by atoms with E-state index < -0.39 is 52.9 Å². The standard InChI is InChI=1S/C23H28FN7O.2C21H22FN5O2.2C20H21FN6O2/c24-18-14-26-23(20-17-8-5-9-25-21(17)30-29-20)28-22(18)27-16-7-4-6-15(12-16)13-19(32)31-10-2-1-3-11-31;2*1-10-6-14-18(26-27-19(14)23-8-10)20-24-9-15(22)16(25-20)7-13-11-2-4-12(5-3-11)17(13)21(28)29;2*1-29-20(28)14-10-4-6-11(7-5-10)15(14)24-18-13(21)9-23-19(25-18)16-12-3-2-8-22-17(12)27-26-16/h5,8-9,14-16H,1-4,6-7,10-13H2,(H,25,29,30)(H,26,27,28);2*6,8-9,11-13,17H,2-5,7H2,1H3,(H,28,29)(H,23,26,27);2*2-3,8-11,14-15H,4-7H2,1H3,(H,22,26,27)(H,23,24,25)/t15-,16?;2*11?,12?,13-,17-;2*10?,11?,14-,15?/m11010/s1. The predicted molar refractivity (Wildman–Crippen MR) is 533 cm³/mol. The van der Waals surface area contributed by atoms with E-state index in [1.807, 2.05) is 55.1 Å². The number of carbonyl (C=O) groups excluding carboxylic acids is 3. The number of fused-ring (bicyclic) bond motifs is 17. The maximum atomic E-state index is 14.6. The second-order valence-corrected chi connectivity index (χ2v) is 41.2. The predicted octanol–water partition coefficient (Wildman–Crippen LogP) is 16.9. The molecule has 38 nitrogen and oxygen atoms in total. The second kappa shape index (κ2) is 43.1. The van der Waals surface area contributed by atoms with E-state index in [1.54, 1.807) is 43.1 Å². The third kappa shape index (κ3) is 20.5. The van der Waals surface area contributed by atoms with Gasteiger partial charge in [0.05, 0.1) is 91.0 Å². The SMILES string of the molecule is COC(=O)[C@@H]1C2CCC(CC2)C1Nc1nc(-c2[nH]nc3ncccc23)ncc1F.COC(=O)[C@H]1C2CCC(CC2)C1Nc1nc(-c2[nH]nc3ncccc23)ncc1F.Cc1cnc2n[nH]c(-c3ncc(F)c(C[C@@H]4C5CCC(CC5)[C@H]4C(=O)O)n3)c2c1.Cc1cnc2n[nH]c(-c3ncc(F)c(C[C@H]4C5CCC(CC5)[C@@H]4C(=O)O)n3)c2c1.O=C(C[C@@H]1CCCC(Nc2nc(-c3[nH]nc4ncccc34)ncc2F)C1)N1CCCCC1. The van der Waals surface area contributed by atoms with Crippen molar-refractivity contribution in [3.8, 4) is 57.6 Å². The van der Waals surface area contributed by atoms with Crippen LogP contribution in [0.1, 0.15) is 177 Å². The fraction of sp³-hybridized carbons (Fsp3) is 0.476. The van der Waals surface area contributed by atoms with Gasteiger partial charge in [0.25, 0.3) is 0 Å². The van der Waals surface area contributed by atoms with Crippen LogP contribution in [-0.4, -0.2) is 216 Å². The smallest absolute Gasteiger partial charge is 0.311 e. The van der Waals surface area contributed by atoms with Crippen molar-refractivity contribution in [1.29, 1.82) is 0 Å². The Bertz CT molecular complexity index is 7050. The zero-order valence-electron chi connectivity index (χ0n) is 82.1. The highest BCUT2D eigenvalue weighted by Gasteiger charge is 2.53. The molecule has 15 aromatic rings. The first-order valence-corrected chi connectivity index (χ1v) is 51.3. The molecule has 0 spiro atoms. The molecule has 15 aromatic heterocycles. The lowest BCUT2D eigenvalue weighted by atomic mass is 9.57. The molecule has 0 aromatic carbocycles. The molecule has 14 fully saturated rings. The monoisotopic (exact) mass is 2020 g/mol. The third-order valence-electron chi connectivity index (χ3n) is 32.6. The number of nitrogens with one attached hydrogen (secondary N) is 8. The Morgan fingerprint density at radius 1 is 0.372 bits per heavy atom. The summed E-state index contributed by atoms with van der Waals surface area (Å²) in [5.74, 6) is -1.35. The average molecular weight is 2020 g/mol. The lowest BCUT2D eigenvalue weighted by Gasteiger charge is -2.47. The minimum Gasteiger partial charge on any atom is -0.481 e. The molecule has 10 atom stereocenters. The number of pyridine rings is 5. The van der Waals surface area contributed by atoms with Crippen LogP contribution in [-0.2, 0) is 46.3 Å². The van der Waals surface area contributed by atoms with Crippen LogP contribution in [0.3, 0.4) is 0 Å². The Kier molecular flexibility index (Phi) is 28.8. The fourth-order valence-electron chi connectivity index (χ4n) is 25.4. The van der Waals surface area contributed by atoms with Gasteiger partial charge in [-0.15, -0.1) is 0 Å². The average Bonchev–Trinajstić information content (AvgIpc) is 1.22. The van der Waals surface area contributed by atoms with Crippen LogP contribution in [0.25, 0.3) is 113 Å². The van der Waals surface area contributed by atoms with E-state index in [-0.39, 0.29) is 112 Å². The van der Waals surface area contributed by atoms with E-state index in [2.05, 4.69) is 142 Å². The molecule has 8 bridgehead atoms. The zero-order chi connectivity index (χ0) is 102. The first kappa shape index (κ1) is 98.9. The fourth-order valence-corrected chi connectivity index (χ4v) is 25.4. The Hall–Kier alpha value is -15.1. The minimum atomic E-state index is -0.764. The Balaban J connectivity index is 0.000000108. The Labute approximate surface area is 845 Å². The van der Waals surface area contributed by atoms with E-state index in [0.717, 1.165) is 205 Å². The van der Waals surface area contributed by atoms with Gasteiger partial charge in [0.1, 0.15) is 28.5 Å². The van der Waals surface area contributed by atoms with Gasteiger partial charge in [-0.2, -0.15) is 25.5 Å². The summed E-state index contributed by atoms with van der Waals surface area (Å²) in [5.41, 5.74) is 8.22. The number of anilines is 3. The van der Waals surface area contributed by atoms with Gasteiger partial charge < -0.3 is 40.5 Å². The van der Waals surface area contributed by atoms with Crippen LogP contribution in [0.2, 0.25) is 0 Å². The van der Waals surface area contributed by atoms with Gasteiger partial charge in [-0.05, 0) is 293 Å². The van der Waals surface area contributed by atoms with Crippen molar-refractivity contribution < 1.29 is 65.6 Å². The first-order valence-electron chi connectivity index (χ1n) is 51.3. The van der Waals surface area contributed by atoms with E-state index in [4.69, 9.17) is 9.47 Å². The summed E-state index contributed by atoms with van der Waals surface area (Å²) in [4.78, 5) is 127. The van der Waals surface area contributed by atoms with Crippen molar-refractivity contribution in [3.05, 3.63) is 162 Å². The number of rotatable bonds is 21. The van der Waals surface area contributed by atoms with Crippen molar-refractivity contribution in [2.24, 2.45) is 88.8 Å². The minimum absolute atomic E-state index is 0.0836. The van der Waals surface area contributed by atoms with Crippen molar-refractivity contribution in [2.45, 2.75) is 199 Å². The highest BCUT2D eigenvalue weighted by molar-refractivity contribution is 5.93. The van der Waals surface area contributed by atoms with Gasteiger partial charge in [-0.1, -0.05) is 6.42 Å². The molecule has 14 aliphatic rings. The number of likely N-dealkylation sites (tertiary alicyclic amines) is 1. The molecule has 13 saturated carbocycles. The highest BCUT2D eigenvalue weighted by Crippen LogP contribution is 2.54. The van der Waals surface area contributed by atoms with Crippen molar-refractivity contribution in [3.63, 3.8) is 0 Å².